The number of fused-ring (bicyclic) bond motifs is 4. The zero-order valence-electron chi connectivity index (χ0n) is 18.6. The monoisotopic (exact) mass is 715 g/mol. The molecule has 32 heavy (non-hydrogen) atoms. The van der Waals surface area contributed by atoms with Crippen molar-refractivity contribution in [2.45, 2.75) is 46.0 Å². The standard InChI is InChI=1S/C21H18N.C7H9.2BrH.Hf/c1-2-8-16-14-17(13-15(16)7-1)22-20-11-5-3-9-18(20)19-10-4-6-12-21(19)22;1-6-4-3-5-7(6)2;;;/h1-3,5,7-9,11,13-14H,4,6,10,12H2;4H,3H2,1-2H3;2*1H;/q2*-1;;;+4/p-2. The van der Waals surface area contributed by atoms with Crippen LogP contribution in [-0.4, -0.2) is 4.57 Å². The Kier molecular flexibility index (Phi) is 10.1. The topological polar surface area (TPSA) is 4.93 Å². The largest absolute Gasteiger partial charge is 4.00 e. The number of aryl methyl sites for hydroxylation is 1. The van der Waals surface area contributed by atoms with Gasteiger partial charge in [0.2, 0.25) is 0 Å². The Morgan fingerprint density at radius 2 is 1.62 bits per heavy atom. The predicted octanol–water partition coefficient (Wildman–Crippen LogP) is 1.47. The van der Waals surface area contributed by atoms with Crippen LogP contribution in [-0.2, 0) is 38.7 Å². The summed E-state index contributed by atoms with van der Waals surface area (Å²) in [5.74, 6) is 0. The molecule has 6 rings (SSSR count). The van der Waals surface area contributed by atoms with Gasteiger partial charge in [-0.2, -0.15) is 6.08 Å². The Bertz CT molecular complexity index is 1210. The number of aromatic nitrogens is 1. The van der Waals surface area contributed by atoms with Gasteiger partial charge in [-0.15, -0.1) is 54.4 Å². The van der Waals surface area contributed by atoms with Crippen molar-refractivity contribution in [2.75, 3.05) is 0 Å². The van der Waals surface area contributed by atoms with Gasteiger partial charge in [-0.25, -0.2) is 11.1 Å². The molecule has 0 saturated heterocycles. The second kappa shape index (κ2) is 11.9. The van der Waals surface area contributed by atoms with Gasteiger partial charge in [0.15, 0.2) is 0 Å². The summed E-state index contributed by atoms with van der Waals surface area (Å²) < 4.78 is 2.50. The van der Waals surface area contributed by atoms with Crippen LogP contribution < -0.4 is 34.0 Å². The molecule has 1 nitrogen and oxygen atoms in total. The predicted molar refractivity (Wildman–Crippen MR) is 124 cm³/mol. The van der Waals surface area contributed by atoms with Crippen molar-refractivity contribution in [1.82, 2.24) is 4.57 Å². The fourth-order valence-electron chi connectivity index (χ4n) is 4.70. The molecule has 0 atom stereocenters. The zero-order chi connectivity index (χ0) is 19.8. The number of rotatable bonds is 1. The summed E-state index contributed by atoms with van der Waals surface area (Å²) in [6, 6.07) is 22.2. The summed E-state index contributed by atoms with van der Waals surface area (Å²) in [5.41, 5.74) is 8.50. The number of nitrogens with zero attached hydrogens (tertiary/aromatic N) is 1. The Labute approximate surface area is 231 Å². The van der Waals surface area contributed by atoms with Gasteiger partial charge in [0.1, 0.15) is 0 Å². The third kappa shape index (κ3) is 5.18. The minimum absolute atomic E-state index is 0. The molecule has 3 aromatic carbocycles. The van der Waals surface area contributed by atoms with E-state index in [-0.39, 0.29) is 59.8 Å². The average molecular weight is 716 g/mol. The summed E-state index contributed by atoms with van der Waals surface area (Å²) in [7, 11) is 0. The minimum Gasteiger partial charge on any atom is -1.00 e. The molecule has 0 amide bonds. The average Bonchev–Trinajstić information content (AvgIpc) is 3.43. The molecule has 2 aliphatic rings. The zero-order valence-corrected chi connectivity index (χ0v) is 25.4. The van der Waals surface area contributed by atoms with Crippen LogP contribution in [0.4, 0.5) is 0 Å². The van der Waals surface area contributed by atoms with Crippen LogP contribution >= 0.6 is 0 Å². The van der Waals surface area contributed by atoms with Gasteiger partial charge in [-0.05, 0) is 43.0 Å². The number of benzene rings is 2. The van der Waals surface area contributed by atoms with Gasteiger partial charge in [0.05, 0.1) is 5.52 Å². The van der Waals surface area contributed by atoms with Gasteiger partial charge >= 0.3 is 25.8 Å². The number of para-hydroxylation sites is 1. The Morgan fingerprint density at radius 1 is 0.906 bits per heavy atom. The number of halogens is 2. The van der Waals surface area contributed by atoms with E-state index in [4.69, 9.17) is 0 Å². The van der Waals surface area contributed by atoms with Crippen LogP contribution in [0.3, 0.4) is 0 Å². The van der Waals surface area contributed by atoms with E-state index in [0.29, 0.717) is 0 Å². The van der Waals surface area contributed by atoms with Gasteiger partial charge in [0, 0.05) is 11.1 Å². The number of hydrogen-bond donors (Lipinski definition) is 0. The van der Waals surface area contributed by atoms with Crippen molar-refractivity contribution in [2.24, 2.45) is 0 Å². The first-order chi connectivity index (χ1) is 14.2. The SMILES string of the molecule is CC1=[C-]CC=C1C.[Br-].[Br-].[Hf+4].c1ccc2[cH-]c(-n3c4c(c5ccccc53)CCCC4)cc2c1. The van der Waals surface area contributed by atoms with Crippen LogP contribution in [0.1, 0.15) is 44.4 Å². The third-order valence-electron chi connectivity index (χ3n) is 6.41. The van der Waals surface area contributed by atoms with Crippen LogP contribution in [0.15, 0.2) is 77.9 Å². The second-order valence-corrected chi connectivity index (χ2v) is 8.22. The Morgan fingerprint density at radius 3 is 2.31 bits per heavy atom. The van der Waals surface area contributed by atoms with Gasteiger partial charge in [0.25, 0.3) is 0 Å². The summed E-state index contributed by atoms with van der Waals surface area (Å²) in [5, 5.41) is 4.11. The summed E-state index contributed by atoms with van der Waals surface area (Å²) >= 11 is 0. The van der Waals surface area contributed by atoms with E-state index in [2.05, 4.69) is 91.2 Å². The molecule has 4 heteroatoms. The molecule has 2 aliphatic carbocycles. The van der Waals surface area contributed by atoms with Crippen molar-refractivity contribution in [3.8, 4) is 5.69 Å². The van der Waals surface area contributed by atoms with Gasteiger partial charge in [-0.3, -0.25) is 6.08 Å². The van der Waals surface area contributed by atoms with Crippen molar-refractivity contribution >= 4 is 21.7 Å². The number of hydrogen-bond acceptors (Lipinski definition) is 0. The van der Waals surface area contributed by atoms with Crippen LogP contribution in [0, 0.1) is 6.08 Å². The molecule has 1 heterocycles. The van der Waals surface area contributed by atoms with Crippen molar-refractivity contribution in [3.63, 3.8) is 0 Å². The summed E-state index contributed by atoms with van der Waals surface area (Å²) in [6.45, 7) is 4.22. The van der Waals surface area contributed by atoms with Crippen molar-refractivity contribution in [1.29, 1.82) is 0 Å². The molecule has 0 bridgehead atoms. The minimum atomic E-state index is 0. The number of allylic oxidation sites excluding steroid dienone is 4. The molecule has 162 valence electrons. The van der Waals surface area contributed by atoms with Gasteiger partial charge < -0.3 is 38.5 Å². The Balaban J connectivity index is 0.000000317. The fraction of sp³-hybridized carbons (Fsp3) is 0.250. The van der Waals surface area contributed by atoms with E-state index < -0.39 is 0 Å². The molecule has 0 fully saturated rings. The second-order valence-electron chi connectivity index (χ2n) is 8.22. The molecule has 1 aromatic heterocycles. The maximum absolute atomic E-state index is 3.19. The normalized spacial score (nSPS) is 14.2. The van der Waals surface area contributed by atoms with E-state index >= 15 is 0 Å². The third-order valence-corrected chi connectivity index (χ3v) is 6.41. The van der Waals surface area contributed by atoms with E-state index in [1.807, 2.05) is 0 Å². The van der Waals surface area contributed by atoms with Crippen LogP contribution in [0.5, 0.6) is 0 Å². The molecule has 0 unspecified atom stereocenters. The van der Waals surface area contributed by atoms with Crippen LogP contribution in [0.2, 0.25) is 0 Å². The molecule has 0 spiro atoms. The summed E-state index contributed by atoms with van der Waals surface area (Å²) in [6.07, 6.45) is 11.5. The molecule has 0 aliphatic heterocycles. The molecular formula is C28H27Br2HfN. The molecule has 0 N–H and O–H groups in total. The summed E-state index contributed by atoms with van der Waals surface area (Å²) in [4.78, 5) is 0. The quantitative estimate of drug-likeness (QED) is 0.208. The van der Waals surface area contributed by atoms with Crippen LogP contribution in [0.25, 0.3) is 27.4 Å². The molecule has 4 aromatic rings. The first-order valence-corrected chi connectivity index (χ1v) is 10.7. The maximum atomic E-state index is 3.19. The first kappa shape index (κ1) is 27.1. The van der Waals surface area contributed by atoms with E-state index in [1.165, 1.54) is 69.9 Å². The molecule has 0 radical (unpaired) electrons. The molecular weight excluding hydrogens is 689 g/mol. The van der Waals surface area contributed by atoms with Crippen molar-refractivity contribution in [3.05, 3.63) is 95.2 Å². The van der Waals surface area contributed by atoms with E-state index in [9.17, 15) is 0 Å². The smallest absolute Gasteiger partial charge is 1.00 e. The van der Waals surface area contributed by atoms with E-state index in [0.717, 1.165) is 6.42 Å². The fourth-order valence-corrected chi connectivity index (χ4v) is 4.70. The maximum Gasteiger partial charge on any atom is 4.00 e. The molecule has 0 saturated carbocycles. The van der Waals surface area contributed by atoms with Crippen molar-refractivity contribution < 1.29 is 59.8 Å². The van der Waals surface area contributed by atoms with E-state index in [1.54, 1.807) is 5.56 Å². The van der Waals surface area contributed by atoms with Gasteiger partial charge in [-0.1, -0.05) is 31.2 Å². The Hall–Kier alpha value is -1.10. The first-order valence-electron chi connectivity index (χ1n) is 10.7.